The van der Waals surface area contributed by atoms with Crippen molar-refractivity contribution in [3.05, 3.63) is 77.0 Å². The fourth-order valence-electron chi connectivity index (χ4n) is 2.53. The van der Waals surface area contributed by atoms with Crippen molar-refractivity contribution >= 4 is 29.1 Å². The summed E-state index contributed by atoms with van der Waals surface area (Å²) in [7, 11) is 1.34. The second kappa shape index (κ2) is 8.30. The summed E-state index contributed by atoms with van der Waals surface area (Å²) >= 11 is 0. The first kappa shape index (κ1) is 19.0. The summed E-state index contributed by atoms with van der Waals surface area (Å²) in [5, 5.41) is 13.9. The van der Waals surface area contributed by atoms with Crippen LogP contribution in [0.1, 0.15) is 32.0 Å². The Balaban J connectivity index is 1.66. The lowest BCUT2D eigenvalue weighted by atomic mass is 10.1. The maximum atomic E-state index is 12.4. The normalized spacial score (nSPS) is 10.2. The molecule has 7 heteroatoms. The molecule has 2 aromatic carbocycles. The number of carbonyl (C=O) groups excluding carboxylic acids is 2. The second-order valence-corrected chi connectivity index (χ2v) is 6.27. The number of aromatic nitrogens is 2. The SMILES string of the molecule is COC(=O)c1ccc(Nc2ccc(C(=O)Nc3cc(C)ccc3C)nn2)cc1. The fraction of sp³-hybridized carbons (Fsp3) is 0.143. The van der Waals surface area contributed by atoms with Gasteiger partial charge in [-0.05, 0) is 67.4 Å². The average Bonchev–Trinajstić information content (AvgIpc) is 2.71. The maximum absolute atomic E-state index is 12.4. The molecule has 0 saturated heterocycles. The predicted molar refractivity (Wildman–Crippen MR) is 107 cm³/mol. The Morgan fingerprint density at radius 2 is 1.68 bits per heavy atom. The summed E-state index contributed by atoms with van der Waals surface area (Å²) in [6.07, 6.45) is 0. The van der Waals surface area contributed by atoms with E-state index in [4.69, 9.17) is 0 Å². The Labute approximate surface area is 162 Å². The molecule has 0 radical (unpaired) electrons. The molecule has 142 valence electrons. The molecule has 2 N–H and O–H groups in total. The van der Waals surface area contributed by atoms with Crippen LogP contribution < -0.4 is 10.6 Å². The second-order valence-electron chi connectivity index (χ2n) is 6.27. The molecule has 0 spiro atoms. The van der Waals surface area contributed by atoms with E-state index in [2.05, 4.69) is 25.6 Å². The van der Waals surface area contributed by atoms with Crippen LogP contribution in [0.2, 0.25) is 0 Å². The number of esters is 1. The van der Waals surface area contributed by atoms with Gasteiger partial charge in [-0.2, -0.15) is 0 Å². The highest BCUT2D eigenvalue weighted by Crippen LogP contribution is 2.18. The lowest BCUT2D eigenvalue weighted by Gasteiger charge is -2.09. The van der Waals surface area contributed by atoms with Gasteiger partial charge in [0.15, 0.2) is 11.5 Å². The maximum Gasteiger partial charge on any atom is 0.337 e. The molecule has 3 aromatic rings. The van der Waals surface area contributed by atoms with Gasteiger partial charge < -0.3 is 15.4 Å². The number of carbonyl (C=O) groups is 2. The van der Waals surface area contributed by atoms with E-state index in [0.717, 1.165) is 22.5 Å². The van der Waals surface area contributed by atoms with Gasteiger partial charge in [-0.15, -0.1) is 10.2 Å². The Hall–Kier alpha value is -3.74. The molecule has 1 heterocycles. The molecule has 1 aromatic heterocycles. The highest BCUT2D eigenvalue weighted by Gasteiger charge is 2.11. The summed E-state index contributed by atoms with van der Waals surface area (Å²) in [6.45, 7) is 3.90. The summed E-state index contributed by atoms with van der Waals surface area (Å²) in [4.78, 5) is 23.9. The van der Waals surface area contributed by atoms with Crippen molar-refractivity contribution in [1.82, 2.24) is 10.2 Å². The topological polar surface area (TPSA) is 93.2 Å². The summed E-state index contributed by atoms with van der Waals surface area (Å²) < 4.78 is 4.67. The van der Waals surface area contributed by atoms with Crippen molar-refractivity contribution < 1.29 is 14.3 Å². The van der Waals surface area contributed by atoms with Crippen molar-refractivity contribution in [1.29, 1.82) is 0 Å². The van der Waals surface area contributed by atoms with Crippen molar-refractivity contribution in [2.45, 2.75) is 13.8 Å². The van der Waals surface area contributed by atoms with E-state index in [0.29, 0.717) is 11.4 Å². The number of nitrogens with one attached hydrogen (secondary N) is 2. The van der Waals surface area contributed by atoms with Gasteiger partial charge in [0.1, 0.15) is 0 Å². The quantitative estimate of drug-likeness (QED) is 0.657. The molecule has 1 amide bonds. The highest BCUT2D eigenvalue weighted by molar-refractivity contribution is 6.03. The molecular weight excluding hydrogens is 356 g/mol. The van der Waals surface area contributed by atoms with Gasteiger partial charge in [0.2, 0.25) is 0 Å². The van der Waals surface area contributed by atoms with Crippen LogP contribution in [0.25, 0.3) is 0 Å². The van der Waals surface area contributed by atoms with Gasteiger partial charge in [0.25, 0.3) is 5.91 Å². The Kier molecular flexibility index (Phi) is 5.64. The number of benzene rings is 2. The first-order valence-electron chi connectivity index (χ1n) is 8.64. The third-order valence-electron chi connectivity index (χ3n) is 4.12. The monoisotopic (exact) mass is 376 g/mol. The van der Waals surface area contributed by atoms with Gasteiger partial charge in [0.05, 0.1) is 12.7 Å². The number of ether oxygens (including phenoxy) is 1. The number of anilines is 3. The van der Waals surface area contributed by atoms with Gasteiger partial charge in [-0.1, -0.05) is 12.1 Å². The summed E-state index contributed by atoms with van der Waals surface area (Å²) in [5.74, 6) is -0.241. The highest BCUT2D eigenvalue weighted by atomic mass is 16.5. The molecule has 0 aliphatic rings. The van der Waals surface area contributed by atoms with E-state index < -0.39 is 5.97 Å². The number of hydrogen-bond acceptors (Lipinski definition) is 6. The Morgan fingerprint density at radius 3 is 2.32 bits per heavy atom. The van der Waals surface area contributed by atoms with Crippen molar-refractivity contribution in [3.63, 3.8) is 0 Å². The average molecular weight is 376 g/mol. The minimum atomic E-state index is -0.398. The lowest BCUT2D eigenvalue weighted by Crippen LogP contribution is -2.15. The summed E-state index contributed by atoms with van der Waals surface area (Å²) in [6, 6.07) is 15.9. The molecule has 0 saturated carbocycles. The molecule has 0 unspecified atom stereocenters. The predicted octanol–water partition coefficient (Wildman–Crippen LogP) is 3.88. The minimum Gasteiger partial charge on any atom is -0.465 e. The van der Waals surface area contributed by atoms with Crippen molar-refractivity contribution in [2.24, 2.45) is 0 Å². The van der Waals surface area contributed by atoms with Crippen LogP contribution in [-0.2, 0) is 4.74 Å². The molecule has 28 heavy (non-hydrogen) atoms. The van der Waals surface area contributed by atoms with Gasteiger partial charge in [-0.25, -0.2) is 4.79 Å². The van der Waals surface area contributed by atoms with Crippen LogP contribution >= 0.6 is 0 Å². The van der Waals surface area contributed by atoms with Gasteiger partial charge >= 0.3 is 5.97 Å². The fourth-order valence-corrected chi connectivity index (χ4v) is 2.53. The number of nitrogens with zero attached hydrogens (tertiary/aromatic N) is 2. The minimum absolute atomic E-state index is 0.215. The van der Waals surface area contributed by atoms with Gasteiger partial charge in [0, 0.05) is 11.4 Å². The number of aryl methyl sites for hydroxylation is 2. The zero-order valence-electron chi connectivity index (χ0n) is 15.8. The molecule has 0 aliphatic heterocycles. The van der Waals surface area contributed by atoms with E-state index in [1.807, 2.05) is 32.0 Å². The van der Waals surface area contributed by atoms with Gasteiger partial charge in [-0.3, -0.25) is 4.79 Å². The molecule has 3 rings (SSSR count). The Morgan fingerprint density at radius 1 is 0.929 bits per heavy atom. The standard InChI is InChI=1S/C21H20N4O3/c1-13-4-5-14(2)18(12-13)23-20(26)17-10-11-19(25-24-17)22-16-8-6-15(7-9-16)21(27)28-3/h4-12H,1-3H3,(H,22,25)(H,23,26). The van der Waals surface area contributed by atoms with E-state index in [1.54, 1.807) is 36.4 Å². The van der Waals surface area contributed by atoms with Crippen LogP contribution in [0.3, 0.4) is 0 Å². The largest absolute Gasteiger partial charge is 0.465 e. The number of methoxy groups -OCH3 is 1. The number of hydrogen-bond donors (Lipinski definition) is 2. The van der Waals surface area contributed by atoms with Crippen LogP contribution in [0, 0.1) is 13.8 Å². The molecular formula is C21H20N4O3. The zero-order chi connectivity index (χ0) is 20.1. The van der Waals surface area contributed by atoms with Crippen molar-refractivity contribution in [3.8, 4) is 0 Å². The first-order valence-corrected chi connectivity index (χ1v) is 8.64. The van der Waals surface area contributed by atoms with Crippen LogP contribution in [-0.4, -0.2) is 29.2 Å². The first-order chi connectivity index (χ1) is 13.5. The van der Waals surface area contributed by atoms with E-state index >= 15 is 0 Å². The molecule has 0 aliphatic carbocycles. The third kappa shape index (κ3) is 4.50. The molecule has 0 atom stereocenters. The summed E-state index contributed by atoms with van der Waals surface area (Å²) in [5.41, 5.74) is 4.18. The Bertz CT molecular complexity index is 999. The van der Waals surface area contributed by atoms with E-state index in [-0.39, 0.29) is 11.6 Å². The van der Waals surface area contributed by atoms with E-state index in [9.17, 15) is 9.59 Å². The number of amides is 1. The smallest absolute Gasteiger partial charge is 0.337 e. The molecule has 0 bridgehead atoms. The molecule has 0 fully saturated rings. The number of rotatable bonds is 5. The van der Waals surface area contributed by atoms with Crippen molar-refractivity contribution in [2.75, 3.05) is 17.7 Å². The molecule has 7 nitrogen and oxygen atoms in total. The van der Waals surface area contributed by atoms with Crippen LogP contribution in [0.5, 0.6) is 0 Å². The third-order valence-corrected chi connectivity index (χ3v) is 4.12. The van der Waals surface area contributed by atoms with Crippen LogP contribution in [0.4, 0.5) is 17.2 Å². The van der Waals surface area contributed by atoms with E-state index in [1.165, 1.54) is 7.11 Å². The zero-order valence-corrected chi connectivity index (χ0v) is 15.8. The lowest BCUT2D eigenvalue weighted by molar-refractivity contribution is 0.0600. The van der Waals surface area contributed by atoms with Crippen LogP contribution in [0.15, 0.2) is 54.6 Å².